The van der Waals surface area contributed by atoms with E-state index in [1.807, 2.05) is 30.3 Å². The molecule has 0 saturated carbocycles. The van der Waals surface area contributed by atoms with Gasteiger partial charge in [0.15, 0.2) is 12.1 Å². The standard InChI is InChI=1S/C18H17NO4/c1-22-18(21)16(12-7-3-2-4-8-12)19-17(20)15-11-13-9-5-6-10-14(13)23-15/h2-10,15-16H,11H2,1H3,(H,19,20)/t15-,16-/m1/s1. The number of methoxy groups -OCH3 is 1. The van der Waals surface area contributed by atoms with Crippen molar-refractivity contribution in [3.05, 3.63) is 65.7 Å². The molecule has 3 rings (SSSR count). The summed E-state index contributed by atoms with van der Waals surface area (Å²) < 4.78 is 10.5. The predicted molar refractivity (Wildman–Crippen MR) is 83.9 cm³/mol. The molecule has 1 amide bonds. The largest absolute Gasteiger partial charge is 0.480 e. The van der Waals surface area contributed by atoms with Crippen LogP contribution in [0.1, 0.15) is 17.2 Å². The van der Waals surface area contributed by atoms with Crippen LogP contribution in [0.25, 0.3) is 0 Å². The molecule has 0 radical (unpaired) electrons. The maximum Gasteiger partial charge on any atom is 0.333 e. The fourth-order valence-electron chi connectivity index (χ4n) is 2.61. The van der Waals surface area contributed by atoms with Gasteiger partial charge in [0.05, 0.1) is 7.11 Å². The average Bonchev–Trinajstić information content (AvgIpc) is 3.04. The fraction of sp³-hybridized carbons (Fsp3) is 0.222. The lowest BCUT2D eigenvalue weighted by atomic mass is 10.1. The Morgan fingerprint density at radius 3 is 2.52 bits per heavy atom. The topological polar surface area (TPSA) is 64.6 Å². The number of fused-ring (bicyclic) bond motifs is 1. The van der Waals surface area contributed by atoms with Gasteiger partial charge >= 0.3 is 5.97 Å². The second-order valence-corrected chi connectivity index (χ2v) is 5.29. The molecule has 2 atom stereocenters. The van der Waals surface area contributed by atoms with Crippen LogP contribution in [0.15, 0.2) is 54.6 Å². The monoisotopic (exact) mass is 311 g/mol. The summed E-state index contributed by atoms with van der Waals surface area (Å²) in [5.41, 5.74) is 1.66. The maximum absolute atomic E-state index is 12.5. The number of para-hydroxylation sites is 1. The normalized spacial score (nSPS) is 16.8. The van der Waals surface area contributed by atoms with Crippen LogP contribution in [-0.4, -0.2) is 25.1 Å². The molecule has 1 aliphatic heterocycles. The molecule has 0 bridgehead atoms. The molecular weight excluding hydrogens is 294 g/mol. The summed E-state index contributed by atoms with van der Waals surface area (Å²) >= 11 is 0. The zero-order valence-electron chi connectivity index (χ0n) is 12.7. The lowest BCUT2D eigenvalue weighted by molar-refractivity contribution is -0.146. The first-order valence-corrected chi connectivity index (χ1v) is 7.36. The van der Waals surface area contributed by atoms with Crippen LogP contribution < -0.4 is 10.1 Å². The number of ether oxygens (including phenoxy) is 2. The minimum absolute atomic E-state index is 0.333. The van der Waals surface area contributed by atoms with Crippen molar-refractivity contribution < 1.29 is 19.1 Å². The van der Waals surface area contributed by atoms with Crippen LogP contribution in [0.2, 0.25) is 0 Å². The van der Waals surface area contributed by atoms with Gasteiger partial charge in [0, 0.05) is 6.42 Å². The van der Waals surface area contributed by atoms with Crippen molar-refractivity contribution in [3.8, 4) is 5.75 Å². The van der Waals surface area contributed by atoms with E-state index in [-0.39, 0.29) is 5.91 Å². The van der Waals surface area contributed by atoms with Gasteiger partial charge in [-0.3, -0.25) is 4.79 Å². The van der Waals surface area contributed by atoms with Crippen LogP contribution >= 0.6 is 0 Å². The molecule has 0 saturated heterocycles. The van der Waals surface area contributed by atoms with E-state index >= 15 is 0 Å². The van der Waals surface area contributed by atoms with Crippen LogP contribution in [0.5, 0.6) is 5.75 Å². The van der Waals surface area contributed by atoms with Crippen molar-refractivity contribution in [2.75, 3.05) is 7.11 Å². The van der Waals surface area contributed by atoms with Crippen LogP contribution in [-0.2, 0) is 20.7 Å². The van der Waals surface area contributed by atoms with E-state index < -0.39 is 18.1 Å². The minimum Gasteiger partial charge on any atom is -0.480 e. The third-order valence-corrected chi connectivity index (χ3v) is 3.80. The molecular formula is C18H17NO4. The van der Waals surface area contributed by atoms with Gasteiger partial charge in [0.25, 0.3) is 5.91 Å². The maximum atomic E-state index is 12.5. The van der Waals surface area contributed by atoms with Gasteiger partial charge in [-0.2, -0.15) is 0 Å². The third kappa shape index (κ3) is 3.18. The molecule has 23 heavy (non-hydrogen) atoms. The van der Waals surface area contributed by atoms with Crippen LogP contribution in [0.4, 0.5) is 0 Å². The Morgan fingerprint density at radius 2 is 1.83 bits per heavy atom. The summed E-state index contributed by atoms with van der Waals surface area (Å²) in [5.74, 6) is -0.137. The average molecular weight is 311 g/mol. The Bertz CT molecular complexity index is 689. The molecule has 0 spiro atoms. The molecule has 0 aromatic heterocycles. The van der Waals surface area contributed by atoms with E-state index in [2.05, 4.69) is 5.32 Å². The number of carbonyl (C=O) groups excluding carboxylic acids is 2. The second-order valence-electron chi connectivity index (χ2n) is 5.29. The Kier molecular flexibility index (Phi) is 4.28. The summed E-state index contributed by atoms with van der Waals surface area (Å²) in [7, 11) is 1.30. The van der Waals surface area contributed by atoms with E-state index in [9.17, 15) is 9.59 Å². The van der Waals surface area contributed by atoms with Gasteiger partial charge in [0.2, 0.25) is 0 Å². The quantitative estimate of drug-likeness (QED) is 0.877. The van der Waals surface area contributed by atoms with Gasteiger partial charge in [-0.15, -0.1) is 0 Å². The lowest BCUT2D eigenvalue weighted by Gasteiger charge is -2.19. The first-order chi connectivity index (χ1) is 11.2. The molecule has 2 aromatic carbocycles. The Morgan fingerprint density at radius 1 is 1.13 bits per heavy atom. The number of nitrogens with one attached hydrogen (secondary N) is 1. The van der Waals surface area contributed by atoms with Crippen molar-refractivity contribution in [1.29, 1.82) is 0 Å². The van der Waals surface area contributed by atoms with E-state index in [0.717, 1.165) is 5.56 Å². The minimum atomic E-state index is -0.846. The van der Waals surface area contributed by atoms with E-state index in [0.29, 0.717) is 17.7 Å². The Labute approximate surface area is 134 Å². The Hall–Kier alpha value is -2.82. The second kappa shape index (κ2) is 6.52. The lowest BCUT2D eigenvalue weighted by Crippen LogP contribution is -2.42. The number of amides is 1. The summed E-state index contributed by atoms with van der Waals surface area (Å²) in [6.45, 7) is 0. The van der Waals surface area contributed by atoms with Gasteiger partial charge in [-0.05, 0) is 17.2 Å². The van der Waals surface area contributed by atoms with Crippen molar-refractivity contribution >= 4 is 11.9 Å². The zero-order chi connectivity index (χ0) is 16.2. The molecule has 2 aromatic rings. The molecule has 1 aliphatic rings. The number of hydrogen-bond donors (Lipinski definition) is 1. The van der Waals surface area contributed by atoms with Gasteiger partial charge in [-0.1, -0.05) is 48.5 Å². The van der Waals surface area contributed by atoms with Gasteiger partial charge in [-0.25, -0.2) is 4.79 Å². The van der Waals surface area contributed by atoms with Crippen molar-refractivity contribution in [2.24, 2.45) is 0 Å². The molecule has 1 heterocycles. The highest BCUT2D eigenvalue weighted by molar-refractivity contribution is 5.88. The molecule has 118 valence electrons. The molecule has 1 N–H and O–H groups in total. The fourth-order valence-corrected chi connectivity index (χ4v) is 2.61. The van der Waals surface area contributed by atoms with Gasteiger partial charge < -0.3 is 14.8 Å². The molecule has 5 heteroatoms. The Balaban J connectivity index is 1.74. The first-order valence-electron chi connectivity index (χ1n) is 7.36. The van der Waals surface area contributed by atoms with Crippen molar-refractivity contribution in [3.63, 3.8) is 0 Å². The van der Waals surface area contributed by atoms with Crippen molar-refractivity contribution in [2.45, 2.75) is 18.6 Å². The van der Waals surface area contributed by atoms with Gasteiger partial charge in [0.1, 0.15) is 5.75 Å². The summed E-state index contributed by atoms with van der Waals surface area (Å²) in [4.78, 5) is 24.5. The summed E-state index contributed by atoms with van der Waals surface area (Å²) in [6.07, 6.45) is -0.145. The summed E-state index contributed by atoms with van der Waals surface area (Å²) in [6, 6.07) is 15.7. The first kappa shape index (κ1) is 15.1. The van der Waals surface area contributed by atoms with Crippen LogP contribution in [0, 0.1) is 0 Å². The molecule has 0 fully saturated rings. The smallest absolute Gasteiger partial charge is 0.333 e. The molecule has 0 aliphatic carbocycles. The number of esters is 1. The number of hydrogen-bond acceptors (Lipinski definition) is 4. The van der Waals surface area contributed by atoms with Crippen molar-refractivity contribution in [1.82, 2.24) is 5.32 Å². The number of carbonyl (C=O) groups is 2. The van der Waals surface area contributed by atoms with E-state index in [1.54, 1.807) is 24.3 Å². The highest BCUT2D eigenvalue weighted by Gasteiger charge is 2.32. The van der Waals surface area contributed by atoms with E-state index in [4.69, 9.17) is 9.47 Å². The highest BCUT2D eigenvalue weighted by atomic mass is 16.5. The third-order valence-electron chi connectivity index (χ3n) is 3.80. The predicted octanol–water partition coefficient (Wildman–Crippen LogP) is 2.02. The molecule has 0 unspecified atom stereocenters. The highest BCUT2D eigenvalue weighted by Crippen LogP contribution is 2.28. The zero-order valence-corrected chi connectivity index (χ0v) is 12.7. The number of benzene rings is 2. The van der Waals surface area contributed by atoms with Crippen LogP contribution in [0.3, 0.4) is 0 Å². The van der Waals surface area contributed by atoms with E-state index in [1.165, 1.54) is 7.11 Å². The molecule has 5 nitrogen and oxygen atoms in total. The SMILES string of the molecule is COC(=O)[C@H](NC(=O)[C@H]1Cc2ccccc2O1)c1ccccc1. The summed E-state index contributed by atoms with van der Waals surface area (Å²) in [5, 5.41) is 2.72. The number of rotatable bonds is 4.